The van der Waals surface area contributed by atoms with E-state index in [-0.39, 0.29) is 0 Å². The van der Waals surface area contributed by atoms with Crippen molar-refractivity contribution >= 4 is 13.8 Å². The number of carboxylic acid groups (broad SMARTS) is 1. The summed E-state index contributed by atoms with van der Waals surface area (Å²) in [5.74, 6) is -1.59. The fourth-order valence-corrected chi connectivity index (χ4v) is 0.889. The van der Waals surface area contributed by atoms with E-state index in [1.54, 1.807) is 0 Å². The predicted octanol–water partition coefficient (Wildman–Crippen LogP) is -0.0686. The summed E-state index contributed by atoms with van der Waals surface area (Å²) in [6.07, 6.45) is -2.45. The van der Waals surface area contributed by atoms with E-state index in [1.165, 1.54) is 13.8 Å². The number of aliphatic carboxylic acids is 1. The molecular formula is C5H11O7P. The largest absolute Gasteiger partial charge is 0.477 e. The molecule has 0 aliphatic heterocycles. The van der Waals surface area contributed by atoms with Gasteiger partial charge in [-0.3, -0.25) is 0 Å². The lowest BCUT2D eigenvalue weighted by Crippen LogP contribution is -2.28. The Bertz CT molecular complexity index is 219. The summed E-state index contributed by atoms with van der Waals surface area (Å²) in [6, 6.07) is 0. The van der Waals surface area contributed by atoms with Gasteiger partial charge in [0.1, 0.15) is 0 Å². The van der Waals surface area contributed by atoms with Crippen LogP contribution in [0.5, 0.6) is 0 Å². The van der Waals surface area contributed by atoms with E-state index in [4.69, 9.17) is 14.9 Å². The molecule has 78 valence electrons. The van der Waals surface area contributed by atoms with Gasteiger partial charge in [-0.1, -0.05) is 0 Å². The lowest BCUT2D eigenvalue weighted by atomic mass is 10.5. The fourth-order valence-electron chi connectivity index (χ4n) is 0.500. The summed E-state index contributed by atoms with van der Waals surface area (Å²) in [4.78, 5) is 26.9. The Morgan fingerprint density at radius 3 is 2.08 bits per heavy atom. The van der Waals surface area contributed by atoms with Crippen LogP contribution in [0.25, 0.3) is 0 Å². The predicted molar refractivity (Wildman–Crippen MR) is 40.8 cm³/mol. The molecule has 0 amide bonds. The van der Waals surface area contributed by atoms with Crippen molar-refractivity contribution in [1.82, 2.24) is 0 Å². The van der Waals surface area contributed by atoms with Crippen molar-refractivity contribution in [2.45, 2.75) is 26.2 Å². The van der Waals surface area contributed by atoms with Crippen molar-refractivity contribution in [2.75, 3.05) is 0 Å². The maximum atomic E-state index is 10.3. The smallest absolute Gasteiger partial charge is 0.472 e. The Hall–Kier alpha value is -0.460. The molecule has 0 radical (unpaired) electrons. The normalized spacial score (nSPS) is 14.5. The van der Waals surface area contributed by atoms with Crippen molar-refractivity contribution < 1.29 is 33.5 Å². The zero-order valence-electron chi connectivity index (χ0n) is 7.08. The molecule has 8 heteroatoms. The second kappa shape index (κ2) is 4.69. The van der Waals surface area contributed by atoms with E-state index in [0.717, 1.165) is 0 Å². The van der Waals surface area contributed by atoms with Gasteiger partial charge in [0.2, 0.25) is 0 Å². The number of carboxylic acids is 1. The van der Waals surface area contributed by atoms with Crippen LogP contribution in [0.2, 0.25) is 0 Å². The number of phosphoric ester groups is 1. The minimum Gasteiger partial charge on any atom is -0.477 e. The van der Waals surface area contributed by atoms with Crippen molar-refractivity contribution in [2.24, 2.45) is 0 Å². The highest BCUT2D eigenvalue weighted by atomic mass is 31.2. The molecule has 0 saturated carbocycles. The van der Waals surface area contributed by atoms with Gasteiger partial charge in [-0.25, -0.2) is 13.9 Å². The van der Waals surface area contributed by atoms with Crippen LogP contribution in [-0.2, 0) is 18.6 Å². The van der Waals surface area contributed by atoms with E-state index >= 15 is 0 Å². The van der Waals surface area contributed by atoms with E-state index in [9.17, 15) is 9.36 Å². The van der Waals surface area contributed by atoms with Crippen LogP contribution in [-0.4, -0.2) is 33.3 Å². The Kier molecular flexibility index (Phi) is 4.52. The first-order valence-electron chi connectivity index (χ1n) is 3.34. The van der Waals surface area contributed by atoms with Gasteiger partial charge in [-0.05, 0) is 13.8 Å². The second-order valence-corrected chi connectivity index (χ2v) is 3.64. The molecule has 0 saturated heterocycles. The molecule has 7 nitrogen and oxygen atoms in total. The molecule has 0 spiro atoms. The van der Waals surface area contributed by atoms with Crippen molar-refractivity contribution in [3.8, 4) is 0 Å². The van der Waals surface area contributed by atoms with Crippen LogP contribution in [0.1, 0.15) is 13.8 Å². The zero-order valence-corrected chi connectivity index (χ0v) is 7.97. The molecule has 0 heterocycles. The second-order valence-electron chi connectivity index (χ2n) is 2.45. The molecule has 0 aromatic carbocycles. The van der Waals surface area contributed by atoms with Crippen LogP contribution in [0.3, 0.4) is 0 Å². The maximum Gasteiger partial charge on any atom is 0.472 e. The van der Waals surface area contributed by atoms with Gasteiger partial charge >= 0.3 is 13.8 Å². The third-order valence-electron chi connectivity index (χ3n) is 0.830. The average Bonchev–Trinajstić information content (AvgIpc) is 1.81. The molecule has 1 atom stereocenters. The van der Waals surface area contributed by atoms with Crippen LogP contribution >= 0.6 is 7.82 Å². The summed E-state index contributed by atoms with van der Waals surface area (Å²) in [7, 11) is -4.84. The first-order chi connectivity index (χ1) is 5.72. The van der Waals surface area contributed by atoms with Gasteiger partial charge in [-0.2, -0.15) is 0 Å². The topological polar surface area (TPSA) is 113 Å². The van der Waals surface area contributed by atoms with Crippen molar-refractivity contribution in [1.29, 1.82) is 0 Å². The number of carbonyl (C=O) groups is 1. The molecule has 0 fully saturated rings. The van der Waals surface area contributed by atoms with Gasteiger partial charge in [0.25, 0.3) is 6.29 Å². The Morgan fingerprint density at radius 2 is 1.85 bits per heavy atom. The van der Waals surface area contributed by atoms with Crippen LogP contribution in [0.4, 0.5) is 0 Å². The Labute approximate surface area is 74.5 Å². The van der Waals surface area contributed by atoms with E-state index in [2.05, 4.69) is 9.26 Å². The van der Waals surface area contributed by atoms with Gasteiger partial charge < -0.3 is 19.6 Å². The number of ether oxygens (including phenoxy) is 1. The van der Waals surface area contributed by atoms with Gasteiger partial charge in [-0.15, -0.1) is 0 Å². The highest BCUT2D eigenvalue weighted by Gasteiger charge is 2.29. The lowest BCUT2D eigenvalue weighted by molar-refractivity contribution is -0.180. The summed E-state index contributed by atoms with van der Waals surface area (Å²) >= 11 is 0. The molecule has 0 aliphatic rings. The van der Waals surface area contributed by atoms with Gasteiger partial charge in [0, 0.05) is 0 Å². The number of rotatable bonds is 5. The molecule has 1 unspecified atom stereocenters. The molecule has 0 aromatic heterocycles. The zero-order chi connectivity index (χ0) is 10.6. The van der Waals surface area contributed by atoms with Gasteiger partial charge in [0.05, 0.1) is 6.10 Å². The highest BCUT2D eigenvalue weighted by Crippen LogP contribution is 2.37. The van der Waals surface area contributed by atoms with Crippen molar-refractivity contribution in [3.05, 3.63) is 0 Å². The lowest BCUT2D eigenvalue weighted by Gasteiger charge is -2.16. The number of hydrogen-bond acceptors (Lipinski definition) is 4. The van der Waals surface area contributed by atoms with E-state index in [1.807, 2.05) is 0 Å². The molecule has 13 heavy (non-hydrogen) atoms. The summed E-state index contributed by atoms with van der Waals surface area (Å²) in [5.41, 5.74) is 0. The average molecular weight is 214 g/mol. The first-order valence-corrected chi connectivity index (χ1v) is 4.87. The van der Waals surface area contributed by atoms with Crippen LogP contribution in [0, 0.1) is 0 Å². The fraction of sp³-hybridized carbons (Fsp3) is 0.800. The summed E-state index contributed by atoms with van der Waals surface area (Å²) < 4.78 is 18.7. The number of hydrogen-bond donors (Lipinski definition) is 3. The summed E-state index contributed by atoms with van der Waals surface area (Å²) in [6.45, 7) is 3.03. The molecule has 0 bridgehead atoms. The third-order valence-corrected chi connectivity index (χ3v) is 1.30. The summed E-state index contributed by atoms with van der Waals surface area (Å²) in [5, 5.41) is 8.39. The minimum absolute atomic E-state index is 0.507. The van der Waals surface area contributed by atoms with Gasteiger partial charge in [0.15, 0.2) is 0 Å². The molecule has 3 N–H and O–H groups in total. The molecule has 0 rings (SSSR count). The standard InChI is InChI=1S/C5H11O7P/c1-3(2)11-5(4(6)7)12-13(8,9)10/h3,5H,1-2H3,(H,6,7)(H2,8,9,10). The van der Waals surface area contributed by atoms with E-state index < -0.39 is 26.2 Å². The molecule has 0 aromatic rings. The highest BCUT2D eigenvalue weighted by molar-refractivity contribution is 7.46. The monoisotopic (exact) mass is 214 g/mol. The van der Waals surface area contributed by atoms with E-state index in [0.29, 0.717) is 0 Å². The SMILES string of the molecule is CC(C)OC(OP(=O)(O)O)C(=O)O. The Balaban J connectivity index is 4.28. The third kappa shape index (κ3) is 6.68. The van der Waals surface area contributed by atoms with Crippen LogP contribution in [0.15, 0.2) is 0 Å². The molecular weight excluding hydrogens is 203 g/mol. The number of phosphoric acid groups is 1. The first kappa shape index (κ1) is 12.5. The Morgan fingerprint density at radius 1 is 1.38 bits per heavy atom. The quantitative estimate of drug-likeness (QED) is 0.433. The maximum absolute atomic E-state index is 10.3. The van der Waals surface area contributed by atoms with Crippen LogP contribution < -0.4 is 0 Å². The van der Waals surface area contributed by atoms with Crippen molar-refractivity contribution in [3.63, 3.8) is 0 Å². The minimum atomic E-state index is -4.84. The molecule has 0 aliphatic carbocycles.